The van der Waals surface area contributed by atoms with E-state index in [1.54, 1.807) is 24.3 Å². The average Bonchev–Trinajstić information content (AvgIpc) is 3.00. The lowest BCUT2D eigenvalue weighted by molar-refractivity contribution is -0.120. The number of nitrogens with one attached hydrogen (secondary N) is 1. The summed E-state index contributed by atoms with van der Waals surface area (Å²) >= 11 is 0. The fourth-order valence-electron chi connectivity index (χ4n) is 2.34. The second kappa shape index (κ2) is 7.21. The second-order valence-corrected chi connectivity index (χ2v) is 5.43. The Morgan fingerprint density at radius 3 is 2.81 bits per heavy atom. The van der Waals surface area contributed by atoms with Crippen molar-refractivity contribution in [1.82, 2.24) is 4.90 Å². The average molecular weight is 287 g/mol. The summed E-state index contributed by atoms with van der Waals surface area (Å²) in [5.41, 5.74) is 1.29. The van der Waals surface area contributed by atoms with Crippen LogP contribution in [0.2, 0.25) is 0 Å². The lowest BCUT2D eigenvalue weighted by Gasteiger charge is -2.26. The smallest absolute Gasteiger partial charge is 0.241 e. The Bertz CT molecular complexity index is 515. The molecular weight excluding hydrogens is 266 g/mol. The Kier molecular flexibility index (Phi) is 5.32. The van der Waals surface area contributed by atoms with E-state index >= 15 is 0 Å². The van der Waals surface area contributed by atoms with Crippen LogP contribution in [-0.4, -0.2) is 43.2 Å². The SMILES string of the molecule is CC(C(=O)Nc1ccc(C#N)cc1)N(C)CC1CCCO1. The van der Waals surface area contributed by atoms with Crippen LogP contribution in [0.4, 0.5) is 5.69 Å². The van der Waals surface area contributed by atoms with E-state index in [2.05, 4.69) is 11.4 Å². The molecule has 1 fully saturated rings. The molecule has 1 N–H and O–H groups in total. The lowest BCUT2D eigenvalue weighted by atomic mass is 10.2. The molecule has 1 aromatic carbocycles. The maximum absolute atomic E-state index is 12.2. The van der Waals surface area contributed by atoms with E-state index in [1.165, 1.54) is 0 Å². The molecule has 0 saturated carbocycles. The third-order valence-corrected chi connectivity index (χ3v) is 3.84. The summed E-state index contributed by atoms with van der Waals surface area (Å²) in [5.74, 6) is -0.0554. The molecule has 5 heteroatoms. The molecule has 1 heterocycles. The zero-order valence-electron chi connectivity index (χ0n) is 12.5. The van der Waals surface area contributed by atoms with Crippen LogP contribution in [0.3, 0.4) is 0 Å². The molecule has 21 heavy (non-hydrogen) atoms. The van der Waals surface area contributed by atoms with Gasteiger partial charge in [-0.15, -0.1) is 0 Å². The van der Waals surface area contributed by atoms with Crippen molar-refractivity contribution in [2.24, 2.45) is 0 Å². The number of amides is 1. The van der Waals surface area contributed by atoms with Gasteiger partial charge in [0.1, 0.15) is 0 Å². The van der Waals surface area contributed by atoms with Crippen molar-refractivity contribution < 1.29 is 9.53 Å². The van der Waals surface area contributed by atoms with Crippen molar-refractivity contribution in [1.29, 1.82) is 5.26 Å². The third-order valence-electron chi connectivity index (χ3n) is 3.84. The van der Waals surface area contributed by atoms with Crippen LogP contribution < -0.4 is 5.32 Å². The first-order valence-corrected chi connectivity index (χ1v) is 7.23. The minimum Gasteiger partial charge on any atom is -0.377 e. The van der Waals surface area contributed by atoms with Crippen molar-refractivity contribution in [3.63, 3.8) is 0 Å². The minimum absolute atomic E-state index is 0.0554. The van der Waals surface area contributed by atoms with Gasteiger partial charge in [-0.05, 0) is 51.1 Å². The summed E-state index contributed by atoms with van der Waals surface area (Å²) in [6.45, 7) is 3.47. The highest BCUT2D eigenvalue weighted by Gasteiger charge is 2.23. The molecule has 1 aliphatic rings. The molecule has 1 aliphatic heterocycles. The number of benzene rings is 1. The highest BCUT2D eigenvalue weighted by molar-refractivity contribution is 5.94. The number of hydrogen-bond acceptors (Lipinski definition) is 4. The molecule has 2 atom stereocenters. The number of carbonyl (C=O) groups is 1. The van der Waals surface area contributed by atoms with Gasteiger partial charge in [0.05, 0.1) is 23.8 Å². The van der Waals surface area contributed by atoms with Crippen molar-refractivity contribution in [3.05, 3.63) is 29.8 Å². The van der Waals surface area contributed by atoms with Gasteiger partial charge in [-0.3, -0.25) is 9.69 Å². The molecule has 0 bridgehead atoms. The van der Waals surface area contributed by atoms with Crippen LogP contribution in [-0.2, 0) is 9.53 Å². The fraction of sp³-hybridized carbons (Fsp3) is 0.500. The topological polar surface area (TPSA) is 65.4 Å². The summed E-state index contributed by atoms with van der Waals surface area (Å²) in [7, 11) is 1.94. The lowest BCUT2D eigenvalue weighted by Crippen LogP contribution is -2.43. The molecule has 0 radical (unpaired) electrons. The standard InChI is InChI=1S/C16H21N3O2/c1-12(19(2)11-15-4-3-9-21-15)16(20)18-14-7-5-13(10-17)6-8-14/h5-8,12,15H,3-4,9,11H2,1-2H3,(H,18,20). The second-order valence-electron chi connectivity index (χ2n) is 5.43. The number of nitriles is 1. The van der Waals surface area contributed by atoms with Gasteiger partial charge in [0.15, 0.2) is 0 Å². The first kappa shape index (κ1) is 15.5. The van der Waals surface area contributed by atoms with Gasteiger partial charge in [-0.25, -0.2) is 0 Å². The zero-order chi connectivity index (χ0) is 15.2. The summed E-state index contributed by atoms with van der Waals surface area (Å²) in [6.07, 6.45) is 2.40. The number of rotatable bonds is 5. The van der Waals surface area contributed by atoms with Crippen LogP contribution in [0.1, 0.15) is 25.3 Å². The van der Waals surface area contributed by atoms with E-state index in [9.17, 15) is 4.79 Å². The molecule has 1 amide bonds. The molecule has 2 rings (SSSR count). The Balaban J connectivity index is 1.87. The monoisotopic (exact) mass is 287 g/mol. The van der Waals surface area contributed by atoms with Gasteiger partial charge in [-0.1, -0.05) is 0 Å². The molecule has 0 spiro atoms. The zero-order valence-corrected chi connectivity index (χ0v) is 12.5. The van der Waals surface area contributed by atoms with Crippen molar-refractivity contribution in [3.8, 4) is 6.07 Å². The number of hydrogen-bond donors (Lipinski definition) is 1. The number of likely N-dealkylation sites (N-methyl/N-ethyl adjacent to an activating group) is 1. The Morgan fingerprint density at radius 1 is 1.52 bits per heavy atom. The highest BCUT2D eigenvalue weighted by atomic mass is 16.5. The van der Waals surface area contributed by atoms with Gasteiger partial charge >= 0.3 is 0 Å². The minimum atomic E-state index is -0.232. The third kappa shape index (κ3) is 4.28. The first-order chi connectivity index (χ1) is 10.1. The summed E-state index contributed by atoms with van der Waals surface area (Å²) in [4.78, 5) is 14.2. The van der Waals surface area contributed by atoms with E-state index in [-0.39, 0.29) is 18.1 Å². The molecule has 0 aromatic heterocycles. The fourth-order valence-corrected chi connectivity index (χ4v) is 2.34. The van der Waals surface area contributed by atoms with Crippen LogP contribution in [0.15, 0.2) is 24.3 Å². The van der Waals surface area contributed by atoms with E-state index in [1.807, 2.05) is 18.9 Å². The van der Waals surface area contributed by atoms with Gasteiger partial charge in [0.25, 0.3) is 0 Å². The van der Waals surface area contributed by atoms with Crippen molar-refractivity contribution >= 4 is 11.6 Å². The van der Waals surface area contributed by atoms with Gasteiger partial charge in [0, 0.05) is 18.8 Å². The molecule has 0 aliphatic carbocycles. The summed E-state index contributed by atoms with van der Waals surface area (Å²) < 4.78 is 5.59. The van der Waals surface area contributed by atoms with E-state index < -0.39 is 0 Å². The van der Waals surface area contributed by atoms with Crippen LogP contribution in [0.25, 0.3) is 0 Å². The predicted molar refractivity (Wildman–Crippen MR) is 80.9 cm³/mol. The number of anilines is 1. The molecule has 1 saturated heterocycles. The van der Waals surface area contributed by atoms with Crippen LogP contribution in [0.5, 0.6) is 0 Å². The van der Waals surface area contributed by atoms with Crippen LogP contribution >= 0.6 is 0 Å². The largest absolute Gasteiger partial charge is 0.377 e. The summed E-state index contributed by atoms with van der Waals surface area (Å²) in [5, 5.41) is 11.6. The van der Waals surface area contributed by atoms with Gasteiger partial charge < -0.3 is 10.1 Å². The quantitative estimate of drug-likeness (QED) is 0.899. The normalized spacial score (nSPS) is 19.2. The van der Waals surface area contributed by atoms with E-state index in [0.29, 0.717) is 11.3 Å². The number of carbonyl (C=O) groups excluding carboxylic acids is 1. The van der Waals surface area contributed by atoms with E-state index in [0.717, 1.165) is 26.0 Å². The predicted octanol–water partition coefficient (Wildman–Crippen LogP) is 2.00. The Morgan fingerprint density at radius 2 is 2.24 bits per heavy atom. The molecule has 112 valence electrons. The molecule has 5 nitrogen and oxygen atoms in total. The van der Waals surface area contributed by atoms with E-state index in [4.69, 9.17) is 10.00 Å². The summed E-state index contributed by atoms with van der Waals surface area (Å²) in [6, 6.07) is 8.68. The first-order valence-electron chi connectivity index (χ1n) is 7.23. The number of nitrogens with zero attached hydrogens (tertiary/aromatic N) is 2. The van der Waals surface area contributed by atoms with Gasteiger partial charge in [-0.2, -0.15) is 5.26 Å². The van der Waals surface area contributed by atoms with Crippen molar-refractivity contribution in [2.75, 3.05) is 25.5 Å². The maximum atomic E-state index is 12.2. The Hall–Kier alpha value is -1.90. The van der Waals surface area contributed by atoms with Crippen molar-refractivity contribution in [2.45, 2.75) is 31.9 Å². The highest BCUT2D eigenvalue weighted by Crippen LogP contribution is 2.15. The van der Waals surface area contributed by atoms with Crippen LogP contribution in [0, 0.1) is 11.3 Å². The van der Waals surface area contributed by atoms with Gasteiger partial charge in [0.2, 0.25) is 5.91 Å². The molecular formula is C16H21N3O2. The Labute approximate surface area is 125 Å². The molecule has 1 aromatic rings. The number of ether oxygens (including phenoxy) is 1. The maximum Gasteiger partial charge on any atom is 0.241 e. The molecule has 2 unspecified atom stereocenters.